The lowest BCUT2D eigenvalue weighted by molar-refractivity contribution is 0.141. The molecule has 0 aliphatic carbocycles. The molecule has 10 heteroatoms. The van der Waals surface area contributed by atoms with E-state index in [0.717, 1.165) is 0 Å². The maximum absolute atomic E-state index is 10.6. The SMILES string of the molecule is CC(C)(C)c1ccn(COP(=O)(O)O)[nH]nnn1. The molecule has 0 aliphatic rings. The van der Waals surface area contributed by atoms with Gasteiger partial charge in [0.2, 0.25) is 0 Å². The summed E-state index contributed by atoms with van der Waals surface area (Å²) in [4.78, 5) is 17.2. The minimum absolute atomic E-state index is 0.220. The summed E-state index contributed by atoms with van der Waals surface area (Å²) in [5.74, 6) is 0. The van der Waals surface area contributed by atoms with Crippen molar-refractivity contribution in [3.63, 3.8) is 0 Å². The summed E-state index contributed by atoms with van der Waals surface area (Å²) >= 11 is 0. The molecule has 0 unspecified atom stereocenters. The number of aromatic nitrogens is 5. The van der Waals surface area contributed by atoms with Crippen LogP contribution in [0.15, 0.2) is 12.3 Å². The van der Waals surface area contributed by atoms with Gasteiger partial charge in [0.25, 0.3) is 0 Å². The molecular weight excluding hydrogens is 261 g/mol. The lowest BCUT2D eigenvalue weighted by Gasteiger charge is -2.15. The minimum Gasteiger partial charge on any atom is -0.303 e. The number of H-pyrrole nitrogens is 1. The molecule has 3 N–H and O–H groups in total. The summed E-state index contributed by atoms with van der Waals surface area (Å²) in [6.45, 7) is 5.49. The molecule has 0 aromatic carbocycles. The van der Waals surface area contributed by atoms with Crippen LogP contribution < -0.4 is 0 Å². The number of phosphoric acid groups is 1. The van der Waals surface area contributed by atoms with Crippen LogP contribution in [0.25, 0.3) is 0 Å². The predicted octanol–water partition coefficient (Wildman–Crippen LogP) is 0.490. The van der Waals surface area contributed by atoms with Crippen LogP contribution in [0.3, 0.4) is 0 Å². The Balaban J connectivity index is 2.96. The maximum atomic E-state index is 10.6. The van der Waals surface area contributed by atoms with Crippen LogP contribution in [0, 0.1) is 0 Å². The number of aromatic amines is 1. The summed E-state index contributed by atoms with van der Waals surface area (Å²) in [6.07, 6.45) is 1.51. The van der Waals surface area contributed by atoms with E-state index in [0.29, 0.717) is 5.69 Å². The van der Waals surface area contributed by atoms with E-state index >= 15 is 0 Å². The molecule has 18 heavy (non-hydrogen) atoms. The van der Waals surface area contributed by atoms with Crippen molar-refractivity contribution in [2.75, 3.05) is 0 Å². The Morgan fingerprint density at radius 3 is 2.72 bits per heavy atom. The molecule has 102 valence electrons. The molecule has 0 aliphatic heterocycles. The van der Waals surface area contributed by atoms with Gasteiger partial charge < -0.3 is 9.79 Å². The van der Waals surface area contributed by atoms with Crippen molar-refractivity contribution in [1.82, 2.24) is 25.4 Å². The van der Waals surface area contributed by atoms with Crippen molar-refractivity contribution in [1.29, 1.82) is 0 Å². The van der Waals surface area contributed by atoms with Crippen molar-refractivity contribution in [3.8, 4) is 0 Å². The van der Waals surface area contributed by atoms with Crippen LogP contribution >= 0.6 is 7.82 Å². The minimum atomic E-state index is -4.52. The van der Waals surface area contributed by atoms with Crippen LogP contribution in [-0.2, 0) is 21.2 Å². The van der Waals surface area contributed by atoms with Gasteiger partial charge in [-0.25, -0.2) is 4.57 Å². The Hall–Kier alpha value is -1.28. The van der Waals surface area contributed by atoms with E-state index in [9.17, 15) is 4.57 Å². The molecule has 0 spiro atoms. The normalized spacial score (nSPS) is 12.3. The fraction of sp³-hybridized carbons (Fsp3) is 0.625. The first-order chi connectivity index (χ1) is 8.18. The van der Waals surface area contributed by atoms with Crippen molar-refractivity contribution >= 4 is 7.82 Å². The van der Waals surface area contributed by atoms with Crippen LogP contribution in [0.2, 0.25) is 0 Å². The third kappa shape index (κ3) is 5.37. The van der Waals surface area contributed by atoms with E-state index in [4.69, 9.17) is 9.79 Å². The Morgan fingerprint density at radius 2 is 2.17 bits per heavy atom. The molecule has 0 radical (unpaired) electrons. The highest BCUT2D eigenvalue weighted by atomic mass is 31.2. The topological polar surface area (TPSA) is 126 Å². The van der Waals surface area contributed by atoms with Gasteiger partial charge in [0.15, 0.2) is 0 Å². The van der Waals surface area contributed by atoms with E-state index < -0.39 is 7.82 Å². The zero-order valence-corrected chi connectivity index (χ0v) is 11.2. The summed E-state index contributed by atoms with van der Waals surface area (Å²) in [6, 6.07) is 1.66. The van der Waals surface area contributed by atoms with Crippen molar-refractivity contribution in [2.45, 2.75) is 32.9 Å². The highest BCUT2D eigenvalue weighted by molar-refractivity contribution is 7.46. The van der Waals surface area contributed by atoms with Gasteiger partial charge in [-0.1, -0.05) is 20.8 Å². The van der Waals surface area contributed by atoms with Gasteiger partial charge in [0.05, 0.1) is 5.69 Å². The molecule has 1 aromatic rings. The zero-order chi connectivity index (χ0) is 13.8. The van der Waals surface area contributed by atoms with Crippen LogP contribution in [-0.4, -0.2) is 35.2 Å². The molecule has 0 amide bonds. The molecule has 9 nitrogen and oxygen atoms in total. The Labute approximate surface area is 104 Å². The quantitative estimate of drug-likeness (QED) is 0.686. The second kappa shape index (κ2) is 5.57. The van der Waals surface area contributed by atoms with E-state index in [-0.39, 0.29) is 12.1 Å². The zero-order valence-electron chi connectivity index (χ0n) is 10.3. The van der Waals surface area contributed by atoms with E-state index in [1.54, 1.807) is 6.07 Å². The lowest BCUT2D eigenvalue weighted by atomic mass is 9.92. The second-order valence-electron chi connectivity index (χ2n) is 4.56. The third-order valence-corrected chi connectivity index (χ3v) is 2.37. The Morgan fingerprint density at radius 1 is 1.50 bits per heavy atom. The average Bonchev–Trinajstić information content (AvgIpc) is 2.12. The first-order valence-corrected chi connectivity index (χ1v) is 6.60. The summed E-state index contributed by atoms with van der Waals surface area (Å²) in [5, 5.41) is 13.3. The van der Waals surface area contributed by atoms with Gasteiger partial charge in [-0.2, -0.15) is 5.21 Å². The van der Waals surface area contributed by atoms with Crippen molar-refractivity contribution in [3.05, 3.63) is 18.0 Å². The first-order valence-electron chi connectivity index (χ1n) is 5.07. The fourth-order valence-corrected chi connectivity index (χ4v) is 1.26. The van der Waals surface area contributed by atoms with Gasteiger partial charge in [-0.3, -0.25) is 9.21 Å². The van der Waals surface area contributed by atoms with E-state index in [1.165, 1.54) is 10.9 Å². The van der Waals surface area contributed by atoms with E-state index in [1.807, 2.05) is 20.8 Å². The summed E-state index contributed by atoms with van der Waals surface area (Å²) in [5.41, 5.74) is 0.455. The number of nitrogens with zero attached hydrogens (tertiary/aromatic N) is 4. The smallest absolute Gasteiger partial charge is 0.303 e. The number of nitrogens with one attached hydrogen (secondary N) is 1. The van der Waals surface area contributed by atoms with Gasteiger partial charge in [0.1, 0.15) is 6.73 Å². The maximum Gasteiger partial charge on any atom is 0.471 e. The lowest BCUT2D eigenvalue weighted by Crippen LogP contribution is -2.15. The molecule has 0 saturated heterocycles. The van der Waals surface area contributed by atoms with Crippen LogP contribution in [0.4, 0.5) is 0 Å². The predicted molar refractivity (Wildman–Crippen MR) is 61.6 cm³/mol. The number of rotatable bonds is 3. The molecule has 0 fully saturated rings. The fourth-order valence-electron chi connectivity index (χ4n) is 0.985. The van der Waals surface area contributed by atoms with Crippen LogP contribution in [0.5, 0.6) is 0 Å². The van der Waals surface area contributed by atoms with Crippen molar-refractivity contribution < 1.29 is 18.9 Å². The monoisotopic (exact) mass is 277 g/mol. The largest absolute Gasteiger partial charge is 0.471 e. The average molecular weight is 277 g/mol. The standard InChI is InChI=1S/C8H16N5O4P/c1-8(2,3)7-4-5-13(12-11-10-9-7)6-17-18(14,15)16/h4-5H,6H2,1-3H3,(H,10,12)(H2,14,15,16). The second-order valence-corrected chi connectivity index (χ2v) is 5.80. The number of hydrogen-bond acceptors (Lipinski definition) is 5. The summed E-state index contributed by atoms with van der Waals surface area (Å²) < 4.78 is 16.1. The molecule has 0 saturated carbocycles. The Bertz CT molecular complexity index is 484. The summed E-state index contributed by atoms with van der Waals surface area (Å²) in [7, 11) is -4.52. The van der Waals surface area contributed by atoms with Crippen LogP contribution in [0.1, 0.15) is 26.5 Å². The highest BCUT2D eigenvalue weighted by Crippen LogP contribution is 2.35. The van der Waals surface area contributed by atoms with Gasteiger partial charge >= 0.3 is 7.82 Å². The van der Waals surface area contributed by atoms with Gasteiger partial charge in [-0.15, -0.1) is 5.10 Å². The molecular formula is C8H16N5O4P. The molecule has 0 bridgehead atoms. The molecule has 1 heterocycles. The first kappa shape index (κ1) is 14.8. The highest BCUT2D eigenvalue weighted by Gasteiger charge is 2.15. The van der Waals surface area contributed by atoms with Gasteiger partial charge in [-0.05, 0) is 16.5 Å². The third-order valence-electron chi connectivity index (χ3n) is 1.92. The molecule has 1 aromatic heterocycles. The van der Waals surface area contributed by atoms with Gasteiger partial charge in [0, 0.05) is 11.6 Å². The number of phosphoric ester groups is 1. The molecule has 1 rings (SSSR count). The molecule has 0 atom stereocenters. The number of hydrogen-bond donors (Lipinski definition) is 3. The van der Waals surface area contributed by atoms with Crippen molar-refractivity contribution in [2.24, 2.45) is 0 Å². The van der Waals surface area contributed by atoms with E-state index in [2.05, 4.69) is 25.3 Å². The Kier molecular flexibility index (Phi) is 4.58.